The molecule has 1 rings (SSSR count). The fourth-order valence-electron chi connectivity index (χ4n) is 3.56. The quantitative estimate of drug-likeness (QED) is 0.144. The van der Waals surface area contributed by atoms with Gasteiger partial charge in [-0.05, 0) is 30.7 Å². The number of anilines is 1. The topological polar surface area (TPSA) is 89.3 Å². The van der Waals surface area contributed by atoms with E-state index in [1.807, 2.05) is 0 Å². The first-order chi connectivity index (χ1) is 14.5. The van der Waals surface area contributed by atoms with Crippen LogP contribution in [0.5, 0.6) is 0 Å². The molecule has 0 saturated heterocycles. The summed E-state index contributed by atoms with van der Waals surface area (Å²) in [6.45, 7) is 2.26. The van der Waals surface area contributed by atoms with E-state index in [1.165, 1.54) is 101 Å². The molecule has 0 atom stereocenters. The molecule has 31 heavy (non-hydrogen) atoms. The van der Waals surface area contributed by atoms with E-state index in [0.717, 1.165) is 19.3 Å². The molecule has 0 bridgehead atoms. The average Bonchev–Trinajstić information content (AvgIpc) is 2.71. The second-order valence-corrected chi connectivity index (χ2v) is 9.98. The van der Waals surface area contributed by atoms with E-state index in [1.54, 1.807) is 0 Å². The van der Waals surface area contributed by atoms with Crippen molar-refractivity contribution in [2.45, 2.75) is 115 Å². The number of rotatable bonds is 18. The van der Waals surface area contributed by atoms with Crippen molar-refractivity contribution in [3.63, 3.8) is 0 Å². The zero-order valence-corrected chi connectivity index (χ0v) is 21.7. The Morgan fingerprint density at radius 3 is 1.55 bits per heavy atom. The van der Waals surface area contributed by atoms with Gasteiger partial charge < -0.3 is 5.73 Å². The van der Waals surface area contributed by atoms with Crippen molar-refractivity contribution in [3.8, 4) is 0 Å². The number of carbonyl (C=O) groups is 1. The molecule has 0 radical (unpaired) electrons. The Morgan fingerprint density at radius 1 is 0.742 bits per heavy atom. The molecule has 0 aliphatic heterocycles. The maximum Gasteiger partial charge on any atom is 0.264 e. The van der Waals surface area contributed by atoms with Crippen molar-refractivity contribution < 1.29 is 34.9 Å². The molecule has 0 aromatic heterocycles. The van der Waals surface area contributed by atoms with Crippen LogP contribution in [0.1, 0.15) is 110 Å². The molecule has 0 fully saturated rings. The van der Waals surface area contributed by atoms with Gasteiger partial charge in [-0.25, -0.2) is 13.1 Å². The third-order valence-corrected chi connectivity index (χ3v) is 6.84. The predicted octanol–water partition coefficient (Wildman–Crippen LogP) is 6.33. The van der Waals surface area contributed by atoms with Gasteiger partial charge in [-0.2, -0.15) is 0 Å². The molecule has 5 nitrogen and oxygen atoms in total. The van der Waals surface area contributed by atoms with Crippen LogP contribution >= 0.6 is 0 Å². The first kappa shape index (κ1) is 30.2. The van der Waals surface area contributed by atoms with Crippen LogP contribution in [0.4, 0.5) is 5.69 Å². The zero-order valence-electron chi connectivity index (χ0n) is 19.3. The molecule has 1 aromatic rings. The van der Waals surface area contributed by atoms with Crippen LogP contribution in [0.15, 0.2) is 29.2 Å². The Balaban J connectivity index is 0.00000900. The average molecular weight is 487 g/mol. The molecule has 0 aliphatic rings. The standard InChI is InChI=1S/C24H42N2O3S.Ti/c1-2-3-4-5-6-7-8-9-10-11-12-13-14-15-16-17-24(27)26-30(28,29)23-20-18-22(25)19-21-23;/h18-21H,2-17,25H2,1H3,(H,26,27);. The summed E-state index contributed by atoms with van der Waals surface area (Å²) >= 11 is 0. The molecule has 0 aliphatic carbocycles. The van der Waals surface area contributed by atoms with Gasteiger partial charge in [0.15, 0.2) is 0 Å². The van der Waals surface area contributed by atoms with Crippen molar-refractivity contribution in [1.82, 2.24) is 4.72 Å². The molecule has 0 spiro atoms. The van der Waals surface area contributed by atoms with Gasteiger partial charge in [0.2, 0.25) is 5.91 Å². The third kappa shape index (κ3) is 15.6. The van der Waals surface area contributed by atoms with Crippen molar-refractivity contribution in [1.29, 1.82) is 0 Å². The molecule has 1 aromatic carbocycles. The Bertz CT molecular complexity index is 679. The number of amides is 1. The molecular weight excluding hydrogens is 444 g/mol. The zero-order chi connectivity index (χ0) is 22.1. The predicted molar refractivity (Wildman–Crippen MR) is 126 cm³/mol. The molecule has 0 saturated carbocycles. The summed E-state index contributed by atoms with van der Waals surface area (Å²) in [6, 6.07) is 5.82. The van der Waals surface area contributed by atoms with E-state index in [4.69, 9.17) is 5.73 Å². The maximum atomic E-state index is 12.1. The van der Waals surface area contributed by atoms with Crippen molar-refractivity contribution in [2.75, 3.05) is 5.73 Å². The van der Waals surface area contributed by atoms with E-state index >= 15 is 0 Å². The number of benzene rings is 1. The summed E-state index contributed by atoms with van der Waals surface area (Å²) in [5.41, 5.74) is 6.04. The fourth-order valence-corrected chi connectivity index (χ4v) is 4.58. The molecular formula is C24H42N2O3STi. The fraction of sp³-hybridized carbons (Fsp3) is 0.708. The van der Waals surface area contributed by atoms with Crippen LogP contribution in [-0.4, -0.2) is 14.3 Å². The number of hydrogen-bond donors (Lipinski definition) is 2. The van der Waals surface area contributed by atoms with Gasteiger partial charge in [0.05, 0.1) is 4.90 Å². The minimum atomic E-state index is -3.80. The second-order valence-electron chi connectivity index (χ2n) is 8.30. The minimum Gasteiger partial charge on any atom is -0.399 e. The Hall–Kier alpha value is -0.846. The molecule has 0 heterocycles. The number of nitrogens with two attached hydrogens (primary N) is 1. The Morgan fingerprint density at radius 2 is 1.13 bits per heavy atom. The maximum absolute atomic E-state index is 12.1. The number of hydrogen-bond acceptors (Lipinski definition) is 4. The molecule has 0 unspecified atom stereocenters. The van der Waals surface area contributed by atoms with Gasteiger partial charge >= 0.3 is 0 Å². The molecule has 7 heteroatoms. The summed E-state index contributed by atoms with van der Waals surface area (Å²) < 4.78 is 26.4. The van der Waals surface area contributed by atoms with Crippen LogP contribution in [0, 0.1) is 0 Å². The number of nitrogens with one attached hydrogen (secondary N) is 1. The van der Waals surface area contributed by atoms with Gasteiger partial charge in [0.1, 0.15) is 0 Å². The summed E-state index contributed by atoms with van der Waals surface area (Å²) in [5, 5.41) is 0. The monoisotopic (exact) mass is 486 g/mol. The van der Waals surface area contributed by atoms with Crippen molar-refractivity contribution in [3.05, 3.63) is 24.3 Å². The number of nitrogen functional groups attached to an aromatic ring is 1. The first-order valence-corrected chi connectivity index (χ1v) is 13.3. The normalized spacial score (nSPS) is 11.1. The van der Waals surface area contributed by atoms with Gasteiger partial charge in [0, 0.05) is 33.8 Å². The number of sulfonamides is 1. The largest absolute Gasteiger partial charge is 0.399 e. The van der Waals surface area contributed by atoms with Gasteiger partial charge in [-0.1, -0.05) is 96.8 Å². The van der Waals surface area contributed by atoms with Crippen LogP contribution in [0.3, 0.4) is 0 Å². The van der Waals surface area contributed by atoms with Crippen LogP contribution in [0.2, 0.25) is 0 Å². The SMILES string of the molecule is CCCCCCCCCCCCCCCCCC(=O)NS(=O)(=O)c1ccc(N)cc1.[Ti]. The molecule has 3 N–H and O–H groups in total. The minimum absolute atomic E-state index is 0. The smallest absolute Gasteiger partial charge is 0.264 e. The molecule has 1 amide bonds. The number of carbonyl (C=O) groups excluding carboxylic acids is 1. The summed E-state index contributed by atoms with van der Waals surface area (Å²) in [4.78, 5) is 12.0. The van der Waals surface area contributed by atoms with Crippen molar-refractivity contribution >= 4 is 21.6 Å². The second kappa shape index (κ2) is 18.7. The summed E-state index contributed by atoms with van der Waals surface area (Å²) in [7, 11) is -3.80. The van der Waals surface area contributed by atoms with E-state index < -0.39 is 15.9 Å². The Labute approximate surface area is 205 Å². The van der Waals surface area contributed by atoms with Crippen LogP contribution < -0.4 is 10.5 Å². The van der Waals surface area contributed by atoms with Crippen LogP contribution in [0.25, 0.3) is 0 Å². The van der Waals surface area contributed by atoms with E-state index in [9.17, 15) is 13.2 Å². The first-order valence-electron chi connectivity index (χ1n) is 11.9. The number of unbranched alkanes of at least 4 members (excludes halogenated alkanes) is 14. The van der Waals surface area contributed by atoms with E-state index in [2.05, 4.69) is 11.6 Å². The van der Waals surface area contributed by atoms with Crippen molar-refractivity contribution in [2.24, 2.45) is 0 Å². The summed E-state index contributed by atoms with van der Waals surface area (Å²) in [6.07, 6.45) is 19.2. The van der Waals surface area contributed by atoms with Gasteiger partial charge in [-0.15, -0.1) is 0 Å². The molecule has 176 valence electrons. The third-order valence-electron chi connectivity index (χ3n) is 5.45. The summed E-state index contributed by atoms with van der Waals surface area (Å²) in [5.74, 6) is -0.443. The Kier molecular flexibility index (Phi) is 18.2. The van der Waals surface area contributed by atoms with Gasteiger partial charge in [-0.3, -0.25) is 4.79 Å². The van der Waals surface area contributed by atoms with Crippen LogP contribution in [-0.2, 0) is 36.5 Å². The van der Waals surface area contributed by atoms with E-state index in [-0.39, 0.29) is 33.0 Å². The van der Waals surface area contributed by atoms with Gasteiger partial charge in [0.25, 0.3) is 10.0 Å². The van der Waals surface area contributed by atoms with E-state index in [0.29, 0.717) is 5.69 Å².